The molecule has 0 saturated carbocycles. The Hall–Kier alpha value is -2.58. The largest absolute Gasteiger partial charge is 0.311 e. The molecule has 2 atom stereocenters. The van der Waals surface area contributed by atoms with Crippen molar-refractivity contribution in [3.63, 3.8) is 0 Å². The summed E-state index contributed by atoms with van der Waals surface area (Å²) in [6, 6.07) is 4.69. The molecule has 3 heterocycles. The van der Waals surface area contributed by atoms with Gasteiger partial charge in [0.05, 0.1) is 11.1 Å². The fourth-order valence-corrected chi connectivity index (χ4v) is 4.40. The van der Waals surface area contributed by atoms with Crippen molar-refractivity contribution in [1.29, 1.82) is 0 Å². The Balaban J connectivity index is 1.42. The third-order valence-corrected chi connectivity index (χ3v) is 5.94. The highest BCUT2D eigenvalue weighted by Crippen LogP contribution is 2.28. The quantitative estimate of drug-likeness (QED) is 0.631. The number of rotatable bonds is 5. The average molecular weight is 398 g/mol. The van der Waals surface area contributed by atoms with Gasteiger partial charge < -0.3 is 10.6 Å². The fraction of sp³-hybridized carbons (Fsp3) is 0.524. The number of benzene rings is 1. The number of nitrogens with one attached hydrogen (secondary N) is 3. The lowest BCUT2D eigenvalue weighted by atomic mass is 10.0. The molecular formula is C21H26N4O4. The van der Waals surface area contributed by atoms with E-state index in [2.05, 4.69) is 29.8 Å². The van der Waals surface area contributed by atoms with Crippen LogP contribution < -0.4 is 16.0 Å². The van der Waals surface area contributed by atoms with Gasteiger partial charge >= 0.3 is 0 Å². The Morgan fingerprint density at radius 1 is 1.10 bits per heavy atom. The molecule has 3 N–H and O–H groups in total. The van der Waals surface area contributed by atoms with Crippen molar-refractivity contribution in [2.75, 3.05) is 6.54 Å². The number of piperidine rings is 1. The Labute approximate surface area is 169 Å². The van der Waals surface area contributed by atoms with Gasteiger partial charge in [0.25, 0.3) is 11.8 Å². The van der Waals surface area contributed by atoms with Crippen molar-refractivity contribution in [3.05, 3.63) is 34.9 Å². The molecule has 0 aliphatic carbocycles. The van der Waals surface area contributed by atoms with Gasteiger partial charge in [0.15, 0.2) is 0 Å². The molecule has 0 spiro atoms. The molecule has 2 saturated heterocycles. The van der Waals surface area contributed by atoms with Crippen molar-refractivity contribution < 1.29 is 19.2 Å². The topological polar surface area (TPSA) is 108 Å². The van der Waals surface area contributed by atoms with Gasteiger partial charge in [-0.05, 0) is 50.8 Å². The van der Waals surface area contributed by atoms with Crippen LogP contribution in [0, 0.1) is 0 Å². The van der Waals surface area contributed by atoms with Gasteiger partial charge in [-0.3, -0.25) is 29.4 Å². The summed E-state index contributed by atoms with van der Waals surface area (Å²) in [5, 5.41) is 9.21. The number of fused-ring (bicyclic) bond motifs is 1. The first kappa shape index (κ1) is 19.7. The molecule has 0 radical (unpaired) electrons. The molecule has 29 heavy (non-hydrogen) atoms. The lowest BCUT2D eigenvalue weighted by molar-refractivity contribution is -0.136. The van der Waals surface area contributed by atoms with Gasteiger partial charge in [0, 0.05) is 31.1 Å². The van der Waals surface area contributed by atoms with E-state index in [1.807, 2.05) is 6.07 Å². The first-order valence-corrected chi connectivity index (χ1v) is 10.1. The zero-order valence-electron chi connectivity index (χ0n) is 16.7. The van der Waals surface area contributed by atoms with Crippen LogP contribution >= 0.6 is 0 Å². The number of carbonyl (C=O) groups is 4. The second-order valence-electron chi connectivity index (χ2n) is 8.72. The van der Waals surface area contributed by atoms with Gasteiger partial charge in [-0.2, -0.15) is 0 Å². The molecule has 2 unspecified atom stereocenters. The molecular weight excluding hydrogens is 372 g/mol. The first-order chi connectivity index (χ1) is 13.7. The maximum Gasteiger partial charge on any atom is 0.262 e. The zero-order valence-corrected chi connectivity index (χ0v) is 16.7. The summed E-state index contributed by atoms with van der Waals surface area (Å²) < 4.78 is 0. The Morgan fingerprint density at radius 2 is 1.86 bits per heavy atom. The summed E-state index contributed by atoms with van der Waals surface area (Å²) in [7, 11) is 0. The highest BCUT2D eigenvalue weighted by atomic mass is 16.2. The second-order valence-corrected chi connectivity index (χ2v) is 8.72. The lowest BCUT2D eigenvalue weighted by Crippen LogP contribution is -2.54. The van der Waals surface area contributed by atoms with Crippen molar-refractivity contribution in [3.8, 4) is 0 Å². The number of imide groups is 2. The minimum Gasteiger partial charge on any atom is -0.311 e. The summed E-state index contributed by atoms with van der Waals surface area (Å²) in [5.41, 5.74) is 1.71. The Morgan fingerprint density at radius 3 is 2.55 bits per heavy atom. The predicted molar refractivity (Wildman–Crippen MR) is 105 cm³/mol. The van der Waals surface area contributed by atoms with Crippen LogP contribution in [-0.4, -0.2) is 52.7 Å². The van der Waals surface area contributed by atoms with E-state index in [0.717, 1.165) is 29.8 Å². The van der Waals surface area contributed by atoms with E-state index in [4.69, 9.17) is 0 Å². The van der Waals surface area contributed by atoms with Crippen molar-refractivity contribution in [2.24, 2.45) is 0 Å². The highest BCUT2D eigenvalue weighted by molar-refractivity contribution is 6.23. The van der Waals surface area contributed by atoms with Crippen LogP contribution in [-0.2, 0) is 16.1 Å². The standard InChI is InChI=1S/C21H26N4O4/c1-21(2)8-7-13(24-21)11-22-10-12-3-4-14-15(9-12)20(29)25(19(14)28)16-5-6-17(26)23-18(16)27/h3-4,9,13,16,22,24H,5-8,10-11H2,1-2H3,(H,23,26,27). The first-order valence-electron chi connectivity index (χ1n) is 10.1. The van der Waals surface area contributed by atoms with Gasteiger partial charge in [-0.15, -0.1) is 0 Å². The van der Waals surface area contributed by atoms with Crippen molar-refractivity contribution in [2.45, 2.75) is 63.7 Å². The molecule has 4 rings (SSSR count). The molecule has 1 aromatic carbocycles. The normalized spacial score (nSPS) is 26.1. The average Bonchev–Trinajstić information content (AvgIpc) is 3.13. The van der Waals surface area contributed by atoms with Crippen LogP contribution in [0.25, 0.3) is 0 Å². The van der Waals surface area contributed by atoms with E-state index in [1.54, 1.807) is 12.1 Å². The molecule has 4 amide bonds. The summed E-state index contributed by atoms with van der Waals surface area (Å²) in [6.45, 7) is 5.82. The third kappa shape index (κ3) is 3.82. The number of nitrogens with zero attached hydrogens (tertiary/aromatic N) is 1. The monoisotopic (exact) mass is 398 g/mol. The number of amides is 4. The SMILES string of the molecule is CC1(C)CCC(CNCc2ccc3c(c2)C(=O)N(C2CCC(=O)NC2=O)C3=O)N1. The summed E-state index contributed by atoms with van der Waals surface area (Å²) in [6.07, 6.45) is 2.54. The zero-order chi connectivity index (χ0) is 20.8. The molecule has 0 bridgehead atoms. The predicted octanol–water partition coefficient (Wildman–Crippen LogP) is 0.708. The van der Waals surface area contributed by atoms with E-state index in [-0.39, 0.29) is 24.3 Å². The van der Waals surface area contributed by atoms with Crippen LogP contribution in [0.2, 0.25) is 0 Å². The molecule has 8 nitrogen and oxygen atoms in total. The molecule has 3 aliphatic rings. The minimum atomic E-state index is -0.932. The molecule has 3 aliphatic heterocycles. The van der Waals surface area contributed by atoms with E-state index >= 15 is 0 Å². The maximum atomic E-state index is 12.8. The fourth-order valence-electron chi connectivity index (χ4n) is 4.40. The summed E-state index contributed by atoms with van der Waals surface area (Å²) in [5.74, 6) is -1.92. The highest BCUT2D eigenvalue weighted by Gasteiger charge is 2.44. The second kappa shape index (κ2) is 7.35. The van der Waals surface area contributed by atoms with E-state index in [0.29, 0.717) is 23.7 Å². The molecule has 0 aromatic heterocycles. The van der Waals surface area contributed by atoms with Crippen LogP contribution in [0.1, 0.15) is 65.8 Å². The van der Waals surface area contributed by atoms with Gasteiger partial charge in [-0.25, -0.2) is 0 Å². The van der Waals surface area contributed by atoms with Gasteiger partial charge in [0.1, 0.15) is 6.04 Å². The van der Waals surface area contributed by atoms with E-state index < -0.39 is 23.8 Å². The van der Waals surface area contributed by atoms with Crippen LogP contribution in [0.15, 0.2) is 18.2 Å². The van der Waals surface area contributed by atoms with Crippen LogP contribution in [0.3, 0.4) is 0 Å². The number of hydrogen-bond donors (Lipinski definition) is 3. The molecule has 2 fully saturated rings. The maximum absolute atomic E-state index is 12.8. The molecule has 1 aromatic rings. The smallest absolute Gasteiger partial charge is 0.262 e. The summed E-state index contributed by atoms with van der Waals surface area (Å²) >= 11 is 0. The lowest BCUT2D eigenvalue weighted by Gasteiger charge is -2.27. The van der Waals surface area contributed by atoms with Gasteiger partial charge in [-0.1, -0.05) is 6.07 Å². The Kier molecular flexibility index (Phi) is 5.00. The number of carbonyl (C=O) groups excluding carboxylic acids is 4. The van der Waals surface area contributed by atoms with Crippen LogP contribution in [0.5, 0.6) is 0 Å². The van der Waals surface area contributed by atoms with Crippen LogP contribution in [0.4, 0.5) is 0 Å². The third-order valence-electron chi connectivity index (χ3n) is 5.94. The van der Waals surface area contributed by atoms with E-state index in [9.17, 15) is 19.2 Å². The van der Waals surface area contributed by atoms with Gasteiger partial charge in [0.2, 0.25) is 11.8 Å². The van der Waals surface area contributed by atoms with Crippen molar-refractivity contribution >= 4 is 23.6 Å². The molecule has 154 valence electrons. The molecule has 8 heteroatoms. The minimum absolute atomic E-state index is 0.116. The van der Waals surface area contributed by atoms with E-state index in [1.165, 1.54) is 0 Å². The summed E-state index contributed by atoms with van der Waals surface area (Å²) in [4.78, 5) is 50.0. The van der Waals surface area contributed by atoms with Crippen molar-refractivity contribution in [1.82, 2.24) is 20.9 Å². The number of hydrogen-bond acceptors (Lipinski definition) is 6. The Bertz CT molecular complexity index is 895.